The Kier molecular flexibility index (Phi) is 7.18. The first-order valence-electron chi connectivity index (χ1n) is 12.3. The Balaban J connectivity index is 1.58. The molecule has 0 radical (unpaired) electrons. The van der Waals surface area contributed by atoms with E-state index in [9.17, 15) is 0 Å². The molecule has 0 amide bonds. The van der Waals surface area contributed by atoms with Crippen LogP contribution in [0.1, 0.15) is 63.3 Å². The van der Waals surface area contributed by atoms with Gasteiger partial charge in [-0.25, -0.2) is 0 Å². The minimum Gasteiger partial charge on any atom is -0.341 e. The van der Waals surface area contributed by atoms with Gasteiger partial charge in [-0.2, -0.15) is 0 Å². The number of hydrogen-bond acceptors (Lipinski definition) is 1. The van der Waals surface area contributed by atoms with Crippen LogP contribution in [0.4, 0.5) is 11.4 Å². The summed E-state index contributed by atoms with van der Waals surface area (Å²) in [5, 5.41) is 0. The van der Waals surface area contributed by atoms with Crippen molar-refractivity contribution in [3.05, 3.63) is 117 Å². The normalized spacial score (nSPS) is 12.8. The zero-order valence-electron chi connectivity index (χ0n) is 20.9. The highest BCUT2D eigenvalue weighted by Crippen LogP contribution is 2.35. The van der Waals surface area contributed by atoms with Crippen LogP contribution in [0.25, 0.3) is 0 Å². The number of anilines is 2. The van der Waals surface area contributed by atoms with Gasteiger partial charge in [-0.15, -0.1) is 0 Å². The largest absolute Gasteiger partial charge is 0.341 e. The van der Waals surface area contributed by atoms with Crippen LogP contribution in [0.5, 0.6) is 0 Å². The molecule has 0 N–H and O–H groups in total. The van der Waals surface area contributed by atoms with Gasteiger partial charge >= 0.3 is 0 Å². The van der Waals surface area contributed by atoms with Crippen molar-refractivity contribution in [1.82, 2.24) is 0 Å². The van der Waals surface area contributed by atoms with Gasteiger partial charge in [-0.3, -0.25) is 0 Å². The Morgan fingerprint density at radius 3 is 2.09 bits per heavy atom. The van der Waals surface area contributed by atoms with Crippen LogP contribution in [0, 0.1) is 0 Å². The zero-order valence-corrected chi connectivity index (χ0v) is 20.9. The highest BCUT2D eigenvalue weighted by atomic mass is 15.1. The van der Waals surface area contributed by atoms with E-state index in [0.717, 1.165) is 19.4 Å². The summed E-state index contributed by atoms with van der Waals surface area (Å²) in [6, 6.07) is 27.1. The second-order valence-electron chi connectivity index (χ2n) is 9.83. The van der Waals surface area contributed by atoms with Crippen LogP contribution >= 0.6 is 0 Å². The van der Waals surface area contributed by atoms with Crippen LogP contribution in [-0.4, -0.2) is 6.54 Å². The number of aryl methyl sites for hydroxylation is 1. The quantitative estimate of drug-likeness (QED) is 0.350. The number of benzene rings is 3. The second kappa shape index (κ2) is 10.3. The van der Waals surface area contributed by atoms with Crippen LogP contribution in [0.3, 0.4) is 0 Å². The first kappa shape index (κ1) is 23.1. The molecule has 0 fully saturated rings. The summed E-state index contributed by atoms with van der Waals surface area (Å²) in [6.07, 6.45) is 4.35. The molecule has 0 atom stereocenters. The lowest BCUT2D eigenvalue weighted by Gasteiger charge is -2.32. The predicted molar refractivity (Wildman–Crippen MR) is 144 cm³/mol. The van der Waals surface area contributed by atoms with E-state index in [1.807, 2.05) is 0 Å². The highest BCUT2D eigenvalue weighted by Gasteiger charge is 2.19. The molecular formula is C32H37N. The molecule has 0 spiro atoms. The van der Waals surface area contributed by atoms with E-state index < -0.39 is 0 Å². The first-order chi connectivity index (χ1) is 15.9. The van der Waals surface area contributed by atoms with Crippen LogP contribution in [-0.2, 0) is 19.3 Å². The minimum atomic E-state index is 0.982. The molecule has 1 aliphatic rings. The summed E-state index contributed by atoms with van der Waals surface area (Å²) in [7, 11) is 0. The molecule has 1 heterocycles. The van der Waals surface area contributed by atoms with Crippen molar-refractivity contribution >= 4 is 11.4 Å². The van der Waals surface area contributed by atoms with E-state index in [0.29, 0.717) is 0 Å². The van der Waals surface area contributed by atoms with E-state index in [4.69, 9.17) is 0 Å². The molecule has 3 aromatic carbocycles. The SMILES string of the molecule is CC(C)=C(C)C(Cc1ccc(N2CCCc3ccc(Cc4ccccc4)cc32)cc1)=C(C)C. The first-order valence-corrected chi connectivity index (χ1v) is 12.3. The van der Waals surface area contributed by atoms with Gasteiger partial charge in [0.2, 0.25) is 0 Å². The lowest BCUT2D eigenvalue weighted by molar-refractivity contribution is 0.765. The Morgan fingerprint density at radius 1 is 0.727 bits per heavy atom. The number of rotatable bonds is 6. The standard InChI is InChI=1S/C32H37N/c1-23(2)25(5)31(24(3)4)21-27-14-17-30(18-15-27)33-19-9-12-29-16-13-28(22-32(29)33)20-26-10-7-6-8-11-26/h6-8,10-11,13-18,22H,9,12,19-21H2,1-5H3. The Labute approximate surface area is 200 Å². The summed E-state index contributed by atoms with van der Waals surface area (Å²) in [6.45, 7) is 12.2. The van der Waals surface area contributed by atoms with Crippen LogP contribution < -0.4 is 4.90 Å². The average molecular weight is 436 g/mol. The molecule has 33 heavy (non-hydrogen) atoms. The summed E-state index contributed by atoms with van der Waals surface area (Å²) in [5.74, 6) is 0. The molecule has 0 saturated heterocycles. The van der Waals surface area contributed by atoms with Gasteiger partial charge in [0.15, 0.2) is 0 Å². The molecule has 1 aliphatic heterocycles. The Morgan fingerprint density at radius 2 is 1.42 bits per heavy atom. The van der Waals surface area contributed by atoms with Crippen molar-refractivity contribution in [2.24, 2.45) is 0 Å². The Hall–Kier alpha value is -3.06. The van der Waals surface area contributed by atoms with Crippen molar-refractivity contribution in [2.75, 3.05) is 11.4 Å². The third-order valence-electron chi connectivity index (χ3n) is 6.95. The van der Waals surface area contributed by atoms with Crippen molar-refractivity contribution in [3.8, 4) is 0 Å². The van der Waals surface area contributed by atoms with Gasteiger partial charge in [-0.05, 0) is 112 Å². The lowest BCUT2D eigenvalue weighted by Crippen LogP contribution is -2.24. The maximum Gasteiger partial charge on any atom is 0.0446 e. The number of fused-ring (bicyclic) bond motifs is 1. The smallest absolute Gasteiger partial charge is 0.0446 e. The summed E-state index contributed by atoms with van der Waals surface area (Å²) in [4.78, 5) is 2.51. The highest BCUT2D eigenvalue weighted by molar-refractivity contribution is 5.69. The van der Waals surface area contributed by atoms with E-state index in [2.05, 4.69) is 112 Å². The molecule has 4 rings (SSSR count). The van der Waals surface area contributed by atoms with Crippen LogP contribution in [0.2, 0.25) is 0 Å². The fourth-order valence-corrected chi connectivity index (χ4v) is 4.81. The predicted octanol–water partition coefficient (Wildman–Crippen LogP) is 8.60. The maximum absolute atomic E-state index is 2.51. The maximum atomic E-state index is 2.51. The van der Waals surface area contributed by atoms with Crippen molar-refractivity contribution in [3.63, 3.8) is 0 Å². The zero-order chi connectivity index (χ0) is 23.4. The molecule has 0 saturated carbocycles. The second-order valence-corrected chi connectivity index (χ2v) is 9.83. The van der Waals surface area contributed by atoms with Crippen LogP contribution in [0.15, 0.2) is 95.1 Å². The van der Waals surface area contributed by atoms with Crippen molar-refractivity contribution in [2.45, 2.75) is 60.3 Å². The minimum absolute atomic E-state index is 0.982. The monoisotopic (exact) mass is 435 g/mol. The van der Waals surface area contributed by atoms with Gasteiger partial charge in [0.05, 0.1) is 0 Å². The summed E-state index contributed by atoms with van der Waals surface area (Å²) in [5.41, 5.74) is 14.0. The lowest BCUT2D eigenvalue weighted by atomic mass is 9.92. The molecule has 0 aliphatic carbocycles. The molecule has 0 bridgehead atoms. The topological polar surface area (TPSA) is 3.24 Å². The summed E-state index contributed by atoms with van der Waals surface area (Å²) >= 11 is 0. The third-order valence-corrected chi connectivity index (χ3v) is 6.95. The summed E-state index contributed by atoms with van der Waals surface area (Å²) < 4.78 is 0. The van der Waals surface area contributed by atoms with Gasteiger partial charge in [0.25, 0.3) is 0 Å². The molecule has 1 nitrogen and oxygen atoms in total. The van der Waals surface area contributed by atoms with Crippen molar-refractivity contribution in [1.29, 1.82) is 0 Å². The number of hydrogen-bond donors (Lipinski definition) is 0. The van der Waals surface area contributed by atoms with E-state index in [-0.39, 0.29) is 0 Å². The van der Waals surface area contributed by atoms with Crippen molar-refractivity contribution < 1.29 is 0 Å². The molecule has 3 aromatic rings. The molecule has 0 unspecified atom stereocenters. The van der Waals surface area contributed by atoms with E-state index >= 15 is 0 Å². The third kappa shape index (κ3) is 5.47. The molecule has 1 heteroatoms. The fourth-order valence-electron chi connectivity index (χ4n) is 4.81. The van der Waals surface area contributed by atoms with Gasteiger partial charge in [0.1, 0.15) is 0 Å². The van der Waals surface area contributed by atoms with E-state index in [1.54, 1.807) is 0 Å². The van der Waals surface area contributed by atoms with E-state index in [1.165, 1.54) is 68.8 Å². The van der Waals surface area contributed by atoms with Gasteiger partial charge in [-0.1, -0.05) is 65.7 Å². The molecular weight excluding hydrogens is 398 g/mol. The fraction of sp³-hybridized carbons (Fsp3) is 0.312. The average Bonchev–Trinajstić information content (AvgIpc) is 2.82. The van der Waals surface area contributed by atoms with Gasteiger partial charge < -0.3 is 4.90 Å². The van der Waals surface area contributed by atoms with Gasteiger partial charge in [0, 0.05) is 17.9 Å². The number of allylic oxidation sites excluding steroid dienone is 4. The molecule has 170 valence electrons. The Bertz CT molecular complexity index is 1150. The molecule has 0 aromatic heterocycles. The number of nitrogens with zero attached hydrogens (tertiary/aromatic N) is 1.